The standard InChI is InChI=1S/C15H19N3O4S2/c1-24(20,21)16-11-12-4-5-13(22-12)15(19)18-8-6-17(7-9-18)14-3-2-10-23-14/h2-5,10,16H,6-9,11H2,1H3. The Balaban J connectivity index is 1.56. The maximum absolute atomic E-state index is 12.5. The van der Waals surface area contributed by atoms with Crippen molar-refractivity contribution in [3.8, 4) is 0 Å². The molecule has 3 heterocycles. The van der Waals surface area contributed by atoms with Crippen molar-refractivity contribution in [2.24, 2.45) is 0 Å². The van der Waals surface area contributed by atoms with Gasteiger partial charge in [0.1, 0.15) is 5.76 Å². The van der Waals surface area contributed by atoms with Crippen molar-refractivity contribution in [2.75, 3.05) is 37.3 Å². The smallest absolute Gasteiger partial charge is 0.289 e. The highest BCUT2D eigenvalue weighted by atomic mass is 32.2. The number of hydrogen-bond donors (Lipinski definition) is 1. The molecule has 3 rings (SSSR count). The lowest BCUT2D eigenvalue weighted by molar-refractivity contribution is 0.0713. The molecule has 24 heavy (non-hydrogen) atoms. The number of carbonyl (C=O) groups excluding carboxylic acids is 1. The molecule has 0 bridgehead atoms. The third-order valence-corrected chi connectivity index (χ3v) is 5.36. The highest BCUT2D eigenvalue weighted by molar-refractivity contribution is 7.88. The fraction of sp³-hybridized carbons (Fsp3) is 0.400. The summed E-state index contributed by atoms with van der Waals surface area (Å²) < 4.78 is 30.0. The van der Waals surface area contributed by atoms with Crippen LogP contribution in [0, 0.1) is 0 Å². The number of furan rings is 1. The Morgan fingerprint density at radius 1 is 1.25 bits per heavy atom. The minimum atomic E-state index is -3.29. The molecule has 0 aromatic carbocycles. The summed E-state index contributed by atoms with van der Waals surface area (Å²) >= 11 is 1.69. The van der Waals surface area contributed by atoms with Gasteiger partial charge < -0.3 is 14.2 Å². The van der Waals surface area contributed by atoms with Crippen LogP contribution in [0.3, 0.4) is 0 Å². The molecule has 7 nitrogen and oxygen atoms in total. The number of nitrogens with zero attached hydrogens (tertiary/aromatic N) is 2. The molecule has 2 aromatic heterocycles. The van der Waals surface area contributed by atoms with Gasteiger partial charge in [-0.25, -0.2) is 13.1 Å². The molecule has 1 amide bonds. The van der Waals surface area contributed by atoms with E-state index >= 15 is 0 Å². The molecular formula is C15H19N3O4S2. The normalized spacial score (nSPS) is 15.7. The van der Waals surface area contributed by atoms with Crippen molar-refractivity contribution in [1.29, 1.82) is 0 Å². The van der Waals surface area contributed by atoms with E-state index in [4.69, 9.17) is 4.42 Å². The second-order valence-corrected chi connectivity index (χ2v) is 8.35. The molecule has 0 atom stereocenters. The first-order valence-corrected chi connectivity index (χ1v) is 10.3. The van der Waals surface area contributed by atoms with Gasteiger partial charge in [-0.15, -0.1) is 11.3 Å². The van der Waals surface area contributed by atoms with Gasteiger partial charge in [-0.2, -0.15) is 0 Å². The number of anilines is 1. The number of piperazine rings is 1. The number of sulfonamides is 1. The minimum Gasteiger partial charge on any atom is -0.455 e. The Morgan fingerprint density at radius 2 is 2.00 bits per heavy atom. The van der Waals surface area contributed by atoms with E-state index < -0.39 is 10.0 Å². The van der Waals surface area contributed by atoms with Gasteiger partial charge in [0.2, 0.25) is 10.0 Å². The number of hydrogen-bond acceptors (Lipinski definition) is 6. The van der Waals surface area contributed by atoms with E-state index in [0.29, 0.717) is 18.8 Å². The first-order valence-electron chi connectivity index (χ1n) is 7.53. The molecule has 130 valence electrons. The summed E-state index contributed by atoms with van der Waals surface area (Å²) in [7, 11) is -3.29. The Morgan fingerprint density at radius 3 is 2.62 bits per heavy atom. The molecule has 0 saturated carbocycles. The predicted molar refractivity (Wildman–Crippen MR) is 92.8 cm³/mol. The van der Waals surface area contributed by atoms with E-state index in [1.807, 2.05) is 11.4 Å². The molecule has 1 aliphatic rings. The molecule has 1 fully saturated rings. The van der Waals surface area contributed by atoms with Crippen molar-refractivity contribution >= 4 is 32.3 Å². The molecular weight excluding hydrogens is 350 g/mol. The molecule has 1 N–H and O–H groups in total. The van der Waals surface area contributed by atoms with Crippen LogP contribution in [0.25, 0.3) is 0 Å². The minimum absolute atomic E-state index is 0.0399. The quantitative estimate of drug-likeness (QED) is 0.860. The Kier molecular flexibility index (Phi) is 4.93. The highest BCUT2D eigenvalue weighted by Crippen LogP contribution is 2.23. The van der Waals surface area contributed by atoms with E-state index in [1.54, 1.807) is 28.4 Å². The third-order valence-electron chi connectivity index (χ3n) is 3.77. The lowest BCUT2D eigenvalue weighted by Crippen LogP contribution is -2.48. The Bertz CT molecular complexity index is 791. The SMILES string of the molecule is CS(=O)(=O)NCc1ccc(C(=O)N2CCN(c3cccs3)CC2)o1. The van der Waals surface area contributed by atoms with E-state index in [0.717, 1.165) is 19.3 Å². The Labute approximate surface area is 144 Å². The maximum atomic E-state index is 12.5. The molecule has 0 aliphatic carbocycles. The third kappa shape index (κ3) is 4.16. The summed E-state index contributed by atoms with van der Waals surface area (Å²) in [6.07, 6.45) is 1.08. The second-order valence-electron chi connectivity index (χ2n) is 5.59. The number of carbonyl (C=O) groups is 1. The molecule has 1 aliphatic heterocycles. The summed E-state index contributed by atoms with van der Waals surface area (Å²) in [6, 6.07) is 7.31. The monoisotopic (exact) mass is 369 g/mol. The second kappa shape index (κ2) is 6.96. The van der Waals surface area contributed by atoms with E-state index in [9.17, 15) is 13.2 Å². The number of amides is 1. The van der Waals surface area contributed by atoms with Crippen molar-refractivity contribution in [3.63, 3.8) is 0 Å². The van der Waals surface area contributed by atoms with Crippen molar-refractivity contribution in [1.82, 2.24) is 9.62 Å². The highest BCUT2D eigenvalue weighted by Gasteiger charge is 2.24. The summed E-state index contributed by atoms with van der Waals surface area (Å²) in [4.78, 5) is 16.5. The fourth-order valence-electron chi connectivity index (χ4n) is 2.53. The zero-order valence-corrected chi connectivity index (χ0v) is 14.9. The van der Waals surface area contributed by atoms with Gasteiger partial charge in [0.05, 0.1) is 17.8 Å². The van der Waals surface area contributed by atoms with Gasteiger partial charge in [-0.05, 0) is 29.6 Å². The van der Waals surface area contributed by atoms with Gasteiger partial charge in [-0.3, -0.25) is 4.79 Å². The van der Waals surface area contributed by atoms with Crippen LogP contribution in [-0.4, -0.2) is 51.7 Å². The van der Waals surface area contributed by atoms with Crippen LogP contribution in [0.2, 0.25) is 0 Å². The largest absolute Gasteiger partial charge is 0.455 e. The Hall–Kier alpha value is -1.84. The van der Waals surface area contributed by atoms with E-state index in [2.05, 4.69) is 15.7 Å². The van der Waals surface area contributed by atoms with Crippen LogP contribution in [0.15, 0.2) is 34.1 Å². The summed E-state index contributed by atoms with van der Waals surface area (Å²) in [5.74, 6) is 0.498. The summed E-state index contributed by atoms with van der Waals surface area (Å²) in [5, 5.41) is 3.26. The average Bonchev–Trinajstić information content (AvgIpc) is 3.23. The lowest BCUT2D eigenvalue weighted by Gasteiger charge is -2.34. The van der Waals surface area contributed by atoms with Crippen LogP contribution in [0.4, 0.5) is 5.00 Å². The van der Waals surface area contributed by atoms with E-state index in [1.165, 1.54) is 5.00 Å². The number of nitrogens with one attached hydrogen (secondary N) is 1. The number of thiophene rings is 1. The summed E-state index contributed by atoms with van der Waals surface area (Å²) in [5.41, 5.74) is 0. The zero-order valence-electron chi connectivity index (χ0n) is 13.3. The van der Waals surface area contributed by atoms with Crippen LogP contribution in [0.1, 0.15) is 16.3 Å². The van der Waals surface area contributed by atoms with Gasteiger partial charge >= 0.3 is 0 Å². The van der Waals surface area contributed by atoms with Crippen molar-refractivity contribution in [2.45, 2.75) is 6.54 Å². The van der Waals surface area contributed by atoms with Crippen LogP contribution >= 0.6 is 11.3 Å². The predicted octanol–water partition coefficient (Wildman–Crippen LogP) is 1.35. The fourth-order valence-corrected chi connectivity index (χ4v) is 3.72. The maximum Gasteiger partial charge on any atom is 0.289 e. The zero-order chi connectivity index (χ0) is 17.2. The molecule has 2 aromatic rings. The van der Waals surface area contributed by atoms with Gasteiger partial charge in [-0.1, -0.05) is 0 Å². The lowest BCUT2D eigenvalue weighted by atomic mass is 10.3. The number of rotatable bonds is 5. The first kappa shape index (κ1) is 17.0. The average molecular weight is 369 g/mol. The molecule has 0 spiro atoms. The molecule has 0 radical (unpaired) electrons. The van der Waals surface area contributed by atoms with Crippen LogP contribution < -0.4 is 9.62 Å². The van der Waals surface area contributed by atoms with Crippen LogP contribution in [0.5, 0.6) is 0 Å². The van der Waals surface area contributed by atoms with Gasteiger partial charge in [0.15, 0.2) is 5.76 Å². The first-order chi connectivity index (χ1) is 11.4. The van der Waals surface area contributed by atoms with Crippen molar-refractivity contribution in [3.05, 3.63) is 41.2 Å². The van der Waals surface area contributed by atoms with E-state index in [-0.39, 0.29) is 18.2 Å². The van der Waals surface area contributed by atoms with Crippen molar-refractivity contribution < 1.29 is 17.6 Å². The van der Waals surface area contributed by atoms with Crippen LogP contribution in [-0.2, 0) is 16.6 Å². The molecule has 0 unspecified atom stereocenters. The summed E-state index contributed by atoms with van der Waals surface area (Å²) in [6.45, 7) is 2.88. The topological polar surface area (TPSA) is 82.9 Å². The van der Waals surface area contributed by atoms with Gasteiger partial charge in [0, 0.05) is 26.2 Å². The molecule has 1 saturated heterocycles. The molecule has 9 heteroatoms. The van der Waals surface area contributed by atoms with Gasteiger partial charge in [0.25, 0.3) is 5.91 Å².